The minimum Gasteiger partial charge on any atom is -0.494 e. The quantitative estimate of drug-likeness (QED) is 0.194. The topological polar surface area (TPSA) is 78.4 Å². The number of guanidine groups is 1. The van der Waals surface area contributed by atoms with Gasteiger partial charge in [-0.25, -0.2) is 4.99 Å². The zero-order valence-electron chi connectivity index (χ0n) is 18.1. The lowest BCUT2D eigenvalue weighted by molar-refractivity contribution is -0.127. The molecule has 0 bridgehead atoms. The van der Waals surface area contributed by atoms with E-state index >= 15 is 0 Å². The minimum absolute atomic E-state index is 0. The molecule has 1 aliphatic heterocycles. The summed E-state index contributed by atoms with van der Waals surface area (Å²) in [5.41, 5.74) is 0. The van der Waals surface area contributed by atoms with Gasteiger partial charge in [0.25, 0.3) is 0 Å². The van der Waals surface area contributed by atoms with Gasteiger partial charge in [0.1, 0.15) is 12.3 Å². The Hall–Kier alpha value is -1.59. The maximum Gasteiger partial charge on any atom is 0.243 e. The molecular formula is C21H36IN5O3. The molecule has 1 fully saturated rings. The summed E-state index contributed by atoms with van der Waals surface area (Å²) < 4.78 is 11.1. The fourth-order valence-corrected chi connectivity index (χ4v) is 2.78. The van der Waals surface area contributed by atoms with E-state index in [0.717, 1.165) is 64.5 Å². The number of halogens is 1. The summed E-state index contributed by atoms with van der Waals surface area (Å²) in [5.74, 6) is 1.52. The van der Waals surface area contributed by atoms with Crippen molar-refractivity contribution in [1.29, 1.82) is 0 Å². The molecule has 0 radical (unpaired) electrons. The SMILES string of the molecule is CN(C)C(=O)CN=C(NCCCOc1ccccc1)NCCCN1CCOCC1.I. The standard InChI is InChI=1S/C21H35N5O3.HI/c1-25(2)20(27)18-24-21(22-10-6-12-26-13-16-28-17-14-26)23-11-7-15-29-19-8-4-3-5-9-19;/h3-5,8-9H,6-7,10-18H2,1-2H3,(H2,22,23,24);1H. The number of benzene rings is 1. The van der Waals surface area contributed by atoms with Gasteiger partial charge >= 0.3 is 0 Å². The smallest absolute Gasteiger partial charge is 0.243 e. The number of likely N-dealkylation sites (N-methyl/N-ethyl adjacent to an activating group) is 1. The minimum atomic E-state index is -0.0215. The summed E-state index contributed by atoms with van der Waals surface area (Å²) in [7, 11) is 3.48. The number of amides is 1. The molecule has 8 nitrogen and oxygen atoms in total. The number of nitrogens with zero attached hydrogens (tertiary/aromatic N) is 3. The van der Waals surface area contributed by atoms with Crippen molar-refractivity contribution in [1.82, 2.24) is 20.4 Å². The van der Waals surface area contributed by atoms with E-state index in [1.807, 2.05) is 30.3 Å². The highest BCUT2D eigenvalue weighted by atomic mass is 127. The van der Waals surface area contributed by atoms with Crippen LogP contribution in [0.2, 0.25) is 0 Å². The van der Waals surface area contributed by atoms with E-state index < -0.39 is 0 Å². The third-order valence-electron chi connectivity index (χ3n) is 4.54. The predicted molar refractivity (Wildman–Crippen MR) is 131 cm³/mol. The third-order valence-corrected chi connectivity index (χ3v) is 4.54. The lowest BCUT2D eigenvalue weighted by Gasteiger charge is -2.26. The molecule has 0 aromatic heterocycles. The lowest BCUT2D eigenvalue weighted by atomic mass is 10.3. The van der Waals surface area contributed by atoms with E-state index in [9.17, 15) is 4.79 Å². The van der Waals surface area contributed by atoms with Crippen LogP contribution in [0.4, 0.5) is 0 Å². The molecule has 0 saturated carbocycles. The Morgan fingerprint density at radius 1 is 1.13 bits per heavy atom. The van der Waals surface area contributed by atoms with Crippen molar-refractivity contribution in [3.05, 3.63) is 30.3 Å². The van der Waals surface area contributed by atoms with Crippen LogP contribution in [-0.4, -0.2) is 94.9 Å². The van der Waals surface area contributed by atoms with Crippen molar-refractivity contribution in [2.45, 2.75) is 12.8 Å². The highest BCUT2D eigenvalue weighted by Crippen LogP contribution is 2.08. The van der Waals surface area contributed by atoms with Crippen LogP contribution in [0.15, 0.2) is 35.3 Å². The second-order valence-electron chi connectivity index (χ2n) is 7.13. The van der Waals surface area contributed by atoms with Gasteiger partial charge in [-0.15, -0.1) is 24.0 Å². The largest absolute Gasteiger partial charge is 0.494 e. The fraction of sp³-hybridized carbons (Fsp3) is 0.619. The number of aliphatic imine (C=N–C) groups is 1. The first-order valence-corrected chi connectivity index (χ1v) is 10.4. The number of hydrogen-bond donors (Lipinski definition) is 2. The number of nitrogens with one attached hydrogen (secondary N) is 2. The molecule has 30 heavy (non-hydrogen) atoms. The van der Waals surface area contributed by atoms with Crippen molar-refractivity contribution in [3.63, 3.8) is 0 Å². The van der Waals surface area contributed by atoms with Crippen LogP contribution in [0.1, 0.15) is 12.8 Å². The number of hydrogen-bond acceptors (Lipinski definition) is 5. The van der Waals surface area contributed by atoms with E-state index in [-0.39, 0.29) is 36.4 Å². The summed E-state index contributed by atoms with van der Waals surface area (Å²) >= 11 is 0. The average molecular weight is 533 g/mol. The summed E-state index contributed by atoms with van der Waals surface area (Å²) in [6.07, 6.45) is 1.85. The number of morpholine rings is 1. The Labute approximate surface area is 197 Å². The van der Waals surface area contributed by atoms with Gasteiger partial charge in [0, 0.05) is 40.3 Å². The highest BCUT2D eigenvalue weighted by molar-refractivity contribution is 14.0. The van der Waals surface area contributed by atoms with E-state index in [1.54, 1.807) is 19.0 Å². The summed E-state index contributed by atoms with van der Waals surface area (Å²) in [5, 5.41) is 6.62. The second kappa shape index (κ2) is 16.1. The number of carbonyl (C=O) groups excluding carboxylic acids is 1. The lowest BCUT2D eigenvalue weighted by Crippen LogP contribution is -2.41. The van der Waals surface area contributed by atoms with Crippen LogP contribution in [0.5, 0.6) is 5.75 Å². The molecule has 0 unspecified atom stereocenters. The second-order valence-corrected chi connectivity index (χ2v) is 7.13. The first kappa shape index (κ1) is 26.4. The van der Waals surface area contributed by atoms with Crippen LogP contribution >= 0.6 is 24.0 Å². The maximum absolute atomic E-state index is 11.8. The van der Waals surface area contributed by atoms with Gasteiger partial charge in [-0.1, -0.05) is 18.2 Å². The van der Waals surface area contributed by atoms with Crippen molar-refractivity contribution < 1.29 is 14.3 Å². The molecule has 0 atom stereocenters. The van der Waals surface area contributed by atoms with Crippen LogP contribution in [0, 0.1) is 0 Å². The molecule has 1 aromatic carbocycles. The number of para-hydroxylation sites is 1. The Kier molecular flexibility index (Phi) is 14.2. The Bertz CT molecular complexity index is 610. The van der Waals surface area contributed by atoms with Crippen molar-refractivity contribution in [3.8, 4) is 5.75 Å². The zero-order chi connectivity index (χ0) is 20.7. The molecule has 0 spiro atoms. The molecule has 2 rings (SSSR count). The highest BCUT2D eigenvalue weighted by Gasteiger charge is 2.09. The number of carbonyl (C=O) groups is 1. The molecule has 1 heterocycles. The first-order valence-electron chi connectivity index (χ1n) is 10.4. The molecule has 9 heteroatoms. The maximum atomic E-state index is 11.8. The van der Waals surface area contributed by atoms with Gasteiger partial charge in [-0.3, -0.25) is 9.69 Å². The van der Waals surface area contributed by atoms with Crippen molar-refractivity contribution >= 4 is 35.8 Å². The Morgan fingerprint density at radius 2 is 1.80 bits per heavy atom. The molecule has 2 N–H and O–H groups in total. The third kappa shape index (κ3) is 11.6. The van der Waals surface area contributed by atoms with Crippen molar-refractivity contribution in [2.24, 2.45) is 4.99 Å². The molecular weight excluding hydrogens is 497 g/mol. The van der Waals surface area contributed by atoms with E-state index in [0.29, 0.717) is 12.6 Å². The zero-order valence-corrected chi connectivity index (χ0v) is 20.5. The van der Waals surface area contributed by atoms with Crippen LogP contribution in [-0.2, 0) is 9.53 Å². The van der Waals surface area contributed by atoms with E-state index in [4.69, 9.17) is 9.47 Å². The van der Waals surface area contributed by atoms with Crippen molar-refractivity contribution in [2.75, 3.05) is 73.2 Å². The van der Waals surface area contributed by atoms with Gasteiger partial charge in [0.05, 0.1) is 19.8 Å². The molecule has 1 saturated heterocycles. The first-order chi connectivity index (χ1) is 14.1. The predicted octanol–water partition coefficient (Wildman–Crippen LogP) is 1.42. The average Bonchev–Trinajstić information content (AvgIpc) is 2.75. The van der Waals surface area contributed by atoms with Gasteiger partial charge in [-0.2, -0.15) is 0 Å². The Balaban J connectivity index is 0.00000450. The van der Waals surface area contributed by atoms with Crippen LogP contribution in [0.25, 0.3) is 0 Å². The summed E-state index contributed by atoms with van der Waals surface area (Å²) in [4.78, 5) is 20.2. The fourth-order valence-electron chi connectivity index (χ4n) is 2.78. The molecule has 1 aromatic rings. The molecule has 170 valence electrons. The molecule has 1 amide bonds. The monoisotopic (exact) mass is 533 g/mol. The molecule has 0 aliphatic carbocycles. The van der Waals surface area contributed by atoms with Gasteiger partial charge in [-0.05, 0) is 31.5 Å². The van der Waals surface area contributed by atoms with E-state index in [2.05, 4.69) is 20.5 Å². The normalized spacial score (nSPS) is 14.5. The number of ether oxygens (including phenoxy) is 2. The Morgan fingerprint density at radius 3 is 2.47 bits per heavy atom. The number of rotatable bonds is 11. The van der Waals surface area contributed by atoms with E-state index in [1.165, 1.54) is 0 Å². The summed E-state index contributed by atoms with van der Waals surface area (Å²) in [6, 6.07) is 9.78. The van der Waals surface area contributed by atoms with Crippen LogP contribution in [0.3, 0.4) is 0 Å². The summed E-state index contributed by atoms with van der Waals surface area (Å²) in [6.45, 7) is 6.95. The van der Waals surface area contributed by atoms with Gasteiger partial charge in [0.15, 0.2) is 5.96 Å². The van der Waals surface area contributed by atoms with Crippen LogP contribution < -0.4 is 15.4 Å². The molecule has 1 aliphatic rings. The van der Waals surface area contributed by atoms with Gasteiger partial charge in [0.2, 0.25) is 5.91 Å². The van der Waals surface area contributed by atoms with Gasteiger partial charge < -0.3 is 25.0 Å².